The van der Waals surface area contributed by atoms with Gasteiger partial charge in [0.15, 0.2) is 11.5 Å². The molecule has 0 spiro atoms. The maximum Gasteiger partial charge on any atom is 0.338 e. The Morgan fingerprint density at radius 3 is 2.22 bits per heavy atom. The molecule has 37 heavy (non-hydrogen) atoms. The van der Waals surface area contributed by atoms with E-state index in [9.17, 15) is 18.0 Å². The third-order valence-electron chi connectivity index (χ3n) is 5.36. The number of hydrogen-bond acceptors (Lipinski definition) is 7. The highest BCUT2D eigenvalue weighted by Gasteiger charge is 2.28. The van der Waals surface area contributed by atoms with Crippen LogP contribution in [0.5, 0.6) is 11.5 Å². The number of benzene rings is 3. The zero-order valence-corrected chi connectivity index (χ0v) is 22.4. The van der Waals surface area contributed by atoms with E-state index in [1.807, 2.05) is 0 Å². The molecule has 0 aliphatic rings. The van der Waals surface area contributed by atoms with Gasteiger partial charge in [-0.05, 0) is 74.0 Å². The molecule has 1 amide bonds. The van der Waals surface area contributed by atoms with Crippen molar-refractivity contribution in [3.8, 4) is 11.5 Å². The fourth-order valence-electron chi connectivity index (χ4n) is 3.49. The van der Waals surface area contributed by atoms with Gasteiger partial charge in [0.05, 0.1) is 37.0 Å². The van der Waals surface area contributed by atoms with E-state index in [1.165, 1.54) is 62.8 Å². The highest BCUT2D eigenvalue weighted by atomic mass is 35.5. The number of aryl methyl sites for hydroxylation is 1. The van der Waals surface area contributed by atoms with Crippen molar-refractivity contribution in [2.45, 2.75) is 18.7 Å². The fraction of sp³-hybridized carbons (Fsp3) is 0.231. The Hall–Kier alpha value is -3.76. The van der Waals surface area contributed by atoms with Gasteiger partial charge in [-0.15, -0.1) is 0 Å². The number of anilines is 2. The first-order valence-corrected chi connectivity index (χ1v) is 13.0. The topological polar surface area (TPSA) is 111 Å². The third-order valence-corrected chi connectivity index (χ3v) is 7.38. The van der Waals surface area contributed by atoms with Crippen LogP contribution in [0.25, 0.3) is 0 Å². The van der Waals surface area contributed by atoms with E-state index in [4.69, 9.17) is 25.8 Å². The van der Waals surface area contributed by atoms with Crippen molar-refractivity contribution in [1.82, 2.24) is 0 Å². The summed E-state index contributed by atoms with van der Waals surface area (Å²) in [6, 6.07) is 14.9. The molecule has 0 saturated heterocycles. The van der Waals surface area contributed by atoms with Gasteiger partial charge in [-0.25, -0.2) is 13.2 Å². The van der Waals surface area contributed by atoms with Crippen LogP contribution in [0.3, 0.4) is 0 Å². The second-order valence-electron chi connectivity index (χ2n) is 7.80. The largest absolute Gasteiger partial charge is 0.493 e. The van der Waals surface area contributed by atoms with Crippen LogP contribution in [0.1, 0.15) is 22.8 Å². The molecule has 3 aromatic rings. The Labute approximate surface area is 221 Å². The van der Waals surface area contributed by atoms with Gasteiger partial charge in [-0.2, -0.15) is 0 Å². The maximum atomic E-state index is 13.7. The zero-order valence-electron chi connectivity index (χ0n) is 20.8. The second-order valence-corrected chi connectivity index (χ2v) is 10.1. The van der Waals surface area contributed by atoms with Crippen molar-refractivity contribution in [2.24, 2.45) is 0 Å². The monoisotopic (exact) mass is 546 g/mol. The third kappa shape index (κ3) is 6.52. The summed E-state index contributed by atoms with van der Waals surface area (Å²) < 4.78 is 43.8. The van der Waals surface area contributed by atoms with Crippen LogP contribution in [0.2, 0.25) is 5.02 Å². The number of sulfonamides is 1. The number of methoxy groups -OCH3 is 2. The molecule has 0 unspecified atom stereocenters. The highest BCUT2D eigenvalue weighted by Crippen LogP contribution is 2.32. The van der Waals surface area contributed by atoms with Gasteiger partial charge in [0, 0.05) is 16.8 Å². The van der Waals surface area contributed by atoms with Crippen LogP contribution < -0.4 is 19.1 Å². The molecule has 0 heterocycles. The molecule has 11 heteroatoms. The Kier molecular flexibility index (Phi) is 9.01. The lowest BCUT2D eigenvalue weighted by molar-refractivity contribution is -0.114. The average molecular weight is 547 g/mol. The van der Waals surface area contributed by atoms with E-state index in [2.05, 4.69) is 5.32 Å². The van der Waals surface area contributed by atoms with Crippen LogP contribution in [0.15, 0.2) is 65.6 Å². The van der Waals surface area contributed by atoms with Gasteiger partial charge in [0.2, 0.25) is 5.91 Å². The number of nitrogens with zero attached hydrogens (tertiary/aromatic N) is 1. The van der Waals surface area contributed by atoms with E-state index in [0.717, 1.165) is 4.31 Å². The molecule has 9 nitrogen and oxygen atoms in total. The molecule has 0 aromatic heterocycles. The fourth-order valence-corrected chi connectivity index (χ4v) is 5.06. The van der Waals surface area contributed by atoms with E-state index >= 15 is 0 Å². The number of ether oxygens (including phenoxy) is 3. The Morgan fingerprint density at radius 2 is 1.62 bits per heavy atom. The smallest absolute Gasteiger partial charge is 0.338 e. The quantitative estimate of drug-likeness (QED) is 0.368. The lowest BCUT2D eigenvalue weighted by Gasteiger charge is -2.25. The zero-order chi connectivity index (χ0) is 27.2. The Morgan fingerprint density at radius 1 is 0.946 bits per heavy atom. The van der Waals surface area contributed by atoms with Gasteiger partial charge >= 0.3 is 5.97 Å². The molecular formula is C26H27ClN2O7S. The number of carbonyl (C=O) groups is 2. The van der Waals surface area contributed by atoms with Crippen molar-refractivity contribution in [1.29, 1.82) is 0 Å². The lowest BCUT2D eigenvalue weighted by Crippen LogP contribution is -2.38. The van der Waals surface area contributed by atoms with E-state index in [1.54, 1.807) is 26.0 Å². The molecule has 196 valence electrons. The van der Waals surface area contributed by atoms with E-state index in [-0.39, 0.29) is 22.9 Å². The predicted octanol–water partition coefficient (Wildman–Crippen LogP) is 4.68. The van der Waals surface area contributed by atoms with Crippen molar-refractivity contribution < 1.29 is 32.2 Å². The molecule has 0 aliphatic carbocycles. The summed E-state index contributed by atoms with van der Waals surface area (Å²) >= 11 is 6.00. The van der Waals surface area contributed by atoms with E-state index in [0.29, 0.717) is 27.6 Å². The molecule has 3 aromatic carbocycles. The SMILES string of the molecule is CCOC(=O)c1ccc(NC(=O)CN(c2ccc(Cl)cc2)S(=O)(=O)c2ccc(OC)c(OC)c2)c(C)c1. The van der Waals surface area contributed by atoms with Crippen LogP contribution >= 0.6 is 11.6 Å². The number of amides is 1. The van der Waals surface area contributed by atoms with Crippen LogP contribution in [0.4, 0.5) is 11.4 Å². The Bertz CT molecular complexity index is 1390. The number of halogens is 1. The normalized spacial score (nSPS) is 10.9. The maximum absolute atomic E-state index is 13.7. The van der Waals surface area contributed by atoms with Gasteiger partial charge in [-0.3, -0.25) is 9.10 Å². The van der Waals surface area contributed by atoms with Crippen LogP contribution in [-0.2, 0) is 19.6 Å². The summed E-state index contributed by atoms with van der Waals surface area (Å²) in [4.78, 5) is 24.9. The summed E-state index contributed by atoms with van der Waals surface area (Å²) in [5.41, 5.74) is 1.62. The molecule has 0 aliphatic heterocycles. The summed E-state index contributed by atoms with van der Waals surface area (Å²) in [5, 5.41) is 3.13. The average Bonchev–Trinajstić information content (AvgIpc) is 2.88. The number of nitrogens with one attached hydrogen (secondary N) is 1. The first-order valence-electron chi connectivity index (χ1n) is 11.2. The molecule has 0 bridgehead atoms. The van der Waals surface area contributed by atoms with Crippen molar-refractivity contribution in [3.05, 3.63) is 76.8 Å². The molecule has 0 fully saturated rings. The minimum absolute atomic E-state index is 0.0946. The molecule has 0 saturated carbocycles. The van der Waals surface area contributed by atoms with Gasteiger partial charge in [0.25, 0.3) is 10.0 Å². The lowest BCUT2D eigenvalue weighted by atomic mass is 10.1. The van der Waals surface area contributed by atoms with Crippen molar-refractivity contribution in [2.75, 3.05) is 37.0 Å². The minimum atomic E-state index is -4.21. The van der Waals surface area contributed by atoms with Crippen molar-refractivity contribution in [3.63, 3.8) is 0 Å². The molecule has 3 rings (SSSR count). The highest BCUT2D eigenvalue weighted by molar-refractivity contribution is 7.92. The van der Waals surface area contributed by atoms with E-state index < -0.39 is 28.4 Å². The van der Waals surface area contributed by atoms with Gasteiger partial charge in [-0.1, -0.05) is 11.6 Å². The van der Waals surface area contributed by atoms with Gasteiger partial charge < -0.3 is 19.5 Å². The summed E-state index contributed by atoms with van der Waals surface area (Å²) in [6.45, 7) is 3.14. The van der Waals surface area contributed by atoms with Crippen molar-refractivity contribution >= 4 is 44.9 Å². The molecule has 0 radical (unpaired) electrons. The standard InChI is InChI=1S/C26H27ClN2O7S/c1-5-36-26(31)18-6-12-22(17(2)14-18)28-25(30)16-29(20-9-7-19(27)8-10-20)37(32,33)21-11-13-23(34-3)24(15-21)35-4/h6-15H,5,16H2,1-4H3,(H,28,30). The number of hydrogen-bond donors (Lipinski definition) is 1. The van der Waals surface area contributed by atoms with Crippen LogP contribution in [0, 0.1) is 6.92 Å². The first kappa shape index (κ1) is 27.8. The number of esters is 1. The molecular weight excluding hydrogens is 520 g/mol. The molecule has 0 atom stereocenters. The minimum Gasteiger partial charge on any atom is -0.493 e. The summed E-state index contributed by atoms with van der Waals surface area (Å²) in [5.74, 6) is -0.482. The van der Waals surface area contributed by atoms with Crippen LogP contribution in [-0.4, -0.2) is 47.7 Å². The predicted molar refractivity (Wildman–Crippen MR) is 141 cm³/mol. The second kappa shape index (κ2) is 12.0. The number of carbonyl (C=O) groups excluding carboxylic acids is 2. The summed E-state index contributed by atoms with van der Waals surface area (Å²) in [6.07, 6.45) is 0. The summed E-state index contributed by atoms with van der Waals surface area (Å²) in [7, 11) is -1.37. The Balaban J connectivity index is 1.93. The molecule has 1 N–H and O–H groups in total. The van der Waals surface area contributed by atoms with Gasteiger partial charge in [0.1, 0.15) is 6.54 Å². The number of rotatable bonds is 10. The first-order chi connectivity index (χ1) is 17.6.